The molecule has 176 valence electrons. The molecule has 1 fully saturated rings. The SMILES string of the molecule is COCCCn1c(=O)/c(=C/c2ccc(Br)cc2)s/c1=C(/C#N)C(=O)NCCN1CCOCC1. The van der Waals surface area contributed by atoms with E-state index >= 15 is 0 Å². The lowest BCUT2D eigenvalue weighted by Gasteiger charge is -2.26. The summed E-state index contributed by atoms with van der Waals surface area (Å²) in [7, 11) is 1.60. The van der Waals surface area contributed by atoms with Crippen molar-refractivity contribution in [2.24, 2.45) is 0 Å². The fraction of sp³-hybridized carbons (Fsp3) is 0.435. The molecule has 2 heterocycles. The first-order valence-corrected chi connectivity index (χ1v) is 12.3. The molecule has 0 spiro atoms. The summed E-state index contributed by atoms with van der Waals surface area (Å²) in [6.45, 7) is 4.95. The van der Waals surface area contributed by atoms with Crippen molar-refractivity contribution in [1.29, 1.82) is 5.26 Å². The summed E-state index contributed by atoms with van der Waals surface area (Å²) >= 11 is 4.57. The molecule has 0 atom stereocenters. The number of nitrogens with one attached hydrogen (secondary N) is 1. The lowest BCUT2D eigenvalue weighted by molar-refractivity contribution is -0.115. The molecule has 0 saturated carbocycles. The van der Waals surface area contributed by atoms with Crippen LogP contribution < -0.4 is 20.1 Å². The van der Waals surface area contributed by atoms with Crippen LogP contribution in [0.25, 0.3) is 11.6 Å². The molecule has 1 N–H and O–H groups in total. The van der Waals surface area contributed by atoms with Crippen molar-refractivity contribution in [2.45, 2.75) is 13.0 Å². The van der Waals surface area contributed by atoms with E-state index in [-0.39, 0.29) is 11.1 Å². The smallest absolute Gasteiger partial charge is 0.269 e. The normalized spacial score (nSPS) is 15.8. The summed E-state index contributed by atoms with van der Waals surface area (Å²) in [6, 6.07) is 9.60. The maximum Gasteiger partial charge on any atom is 0.269 e. The Kier molecular flexibility index (Phi) is 9.84. The van der Waals surface area contributed by atoms with Crippen molar-refractivity contribution in [3.63, 3.8) is 0 Å². The topological polar surface area (TPSA) is 96.6 Å². The van der Waals surface area contributed by atoms with E-state index in [9.17, 15) is 14.9 Å². The molecule has 8 nitrogen and oxygen atoms in total. The van der Waals surface area contributed by atoms with Crippen LogP contribution in [0.1, 0.15) is 12.0 Å². The lowest BCUT2D eigenvalue weighted by atomic mass is 10.2. The number of hydrogen-bond donors (Lipinski definition) is 1. The van der Waals surface area contributed by atoms with Gasteiger partial charge >= 0.3 is 0 Å². The predicted molar refractivity (Wildman–Crippen MR) is 131 cm³/mol. The fourth-order valence-corrected chi connectivity index (χ4v) is 4.81. The molecule has 0 aliphatic carbocycles. The molecule has 0 unspecified atom stereocenters. The Hall–Kier alpha value is -2.29. The van der Waals surface area contributed by atoms with Gasteiger partial charge < -0.3 is 14.8 Å². The first-order chi connectivity index (χ1) is 16.0. The van der Waals surface area contributed by atoms with Crippen molar-refractivity contribution in [1.82, 2.24) is 14.8 Å². The summed E-state index contributed by atoms with van der Waals surface area (Å²) in [4.78, 5) is 28.2. The molecule has 1 aliphatic heterocycles. The molecule has 1 aliphatic rings. The van der Waals surface area contributed by atoms with Crippen molar-refractivity contribution in [3.8, 4) is 6.07 Å². The lowest BCUT2D eigenvalue weighted by Crippen LogP contribution is -2.42. The molecule has 1 saturated heterocycles. The third-order valence-electron chi connectivity index (χ3n) is 5.18. The number of aromatic nitrogens is 1. The van der Waals surface area contributed by atoms with Gasteiger partial charge in [-0.25, -0.2) is 0 Å². The highest BCUT2D eigenvalue weighted by Crippen LogP contribution is 2.10. The van der Waals surface area contributed by atoms with Gasteiger partial charge in [0.2, 0.25) is 0 Å². The molecule has 1 amide bonds. The van der Waals surface area contributed by atoms with Gasteiger partial charge in [-0.3, -0.25) is 19.1 Å². The third kappa shape index (κ3) is 7.09. The van der Waals surface area contributed by atoms with E-state index in [1.807, 2.05) is 30.3 Å². The van der Waals surface area contributed by atoms with Crippen LogP contribution in [-0.2, 0) is 20.8 Å². The molecule has 3 rings (SSSR count). The summed E-state index contributed by atoms with van der Waals surface area (Å²) < 4.78 is 13.7. The quantitative estimate of drug-likeness (QED) is 0.474. The first kappa shape index (κ1) is 25.3. The fourth-order valence-electron chi connectivity index (χ4n) is 3.42. The van der Waals surface area contributed by atoms with Gasteiger partial charge in [0, 0.05) is 50.9 Å². The van der Waals surface area contributed by atoms with Crippen molar-refractivity contribution in [3.05, 3.63) is 53.9 Å². The predicted octanol–water partition coefficient (Wildman–Crippen LogP) is 0.660. The number of rotatable bonds is 9. The Balaban J connectivity index is 1.92. The Morgan fingerprint density at radius 1 is 1.30 bits per heavy atom. The molecule has 0 radical (unpaired) electrons. The second kappa shape index (κ2) is 12.8. The maximum atomic E-state index is 13.1. The number of halogens is 1. The number of carbonyl (C=O) groups excluding carboxylic acids is 1. The summed E-state index contributed by atoms with van der Waals surface area (Å²) in [5.41, 5.74) is 0.593. The number of benzene rings is 1. The Bertz CT molecular complexity index is 1160. The largest absolute Gasteiger partial charge is 0.385 e. The average Bonchev–Trinajstić information content (AvgIpc) is 3.12. The number of amides is 1. The molecule has 10 heteroatoms. The molecule has 2 aromatic rings. The minimum absolute atomic E-state index is 0.0491. The number of morpholine rings is 1. The van der Waals surface area contributed by atoms with E-state index in [1.54, 1.807) is 13.2 Å². The number of ether oxygens (including phenoxy) is 2. The van der Waals surface area contributed by atoms with Gasteiger partial charge in [-0.1, -0.05) is 28.1 Å². The number of thiazole rings is 1. The van der Waals surface area contributed by atoms with Gasteiger partial charge in [0.1, 0.15) is 10.7 Å². The van der Waals surface area contributed by atoms with Crippen LogP contribution in [0.5, 0.6) is 0 Å². The van der Waals surface area contributed by atoms with E-state index in [0.29, 0.717) is 55.1 Å². The zero-order chi connectivity index (χ0) is 23.6. The molecule has 1 aromatic heterocycles. The van der Waals surface area contributed by atoms with Crippen molar-refractivity contribution >= 4 is 44.8 Å². The molecule has 1 aromatic carbocycles. The highest BCUT2D eigenvalue weighted by Gasteiger charge is 2.17. The van der Waals surface area contributed by atoms with Crippen LogP contribution in [0.15, 0.2) is 33.5 Å². The summed E-state index contributed by atoms with van der Waals surface area (Å²) in [6.07, 6.45) is 2.37. The number of carbonyl (C=O) groups is 1. The van der Waals surface area contributed by atoms with E-state index in [1.165, 1.54) is 4.57 Å². The van der Waals surface area contributed by atoms with Gasteiger partial charge in [0.15, 0.2) is 5.57 Å². The highest BCUT2D eigenvalue weighted by molar-refractivity contribution is 9.10. The standard InChI is InChI=1S/C23H27BrN4O4S/c1-31-12-2-8-28-22(30)20(15-17-3-5-18(24)6-4-17)33-23(28)19(16-25)21(29)26-7-9-27-10-13-32-14-11-27/h3-6,15H,2,7-14H2,1H3,(H,26,29)/b20-15-,23-19-. The van der Waals surface area contributed by atoms with Crippen LogP contribution in [-0.4, -0.2) is 68.5 Å². The molecule has 0 bridgehead atoms. The number of nitrogens with zero attached hydrogens (tertiary/aromatic N) is 3. The van der Waals surface area contributed by atoms with Crippen LogP contribution in [0.3, 0.4) is 0 Å². The maximum absolute atomic E-state index is 13.1. The first-order valence-electron chi connectivity index (χ1n) is 10.7. The molecular formula is C23H27BrN4O4S. The van der Waals surface area contributed by atoms with E-state index in [2.05, 4.69) is 26.1 Å². The van der Waals surface area contributed by atoms with Crippen molar-refractivity contribution in [2.75, 3.05) is 53.1 Å². The monoisotopic (exact) mass is 534 g/mol. The highest BCUT2D eigenvalue weighted by atomic mass is 79.9. The number of nitriles is 1. The number of hydrogen-bond acceptors (Lipinski definition) is 7. The van der Waals surface area contributed by atoms with Crippen molar-refractivity contribution < 1.29 is 14.3 Å². The minimum Gasteiger partial charge on any atom is -0.385 e. The van der Waals surface area contributed by atoms with E-state index < -0.39 is 5.91 Å². The van der Waals surface area contributed by atoms with Crippen LogP contribution in [0, 0.1) is 11.3 Å². The number of methoxy groups -OCH3 is 1. The van der Waals surface area contributed by atoms with E-state index in [4.69, 9.17) is 9.47 Å². The van der Waals surface area contributed by atoms with Gasteiger partial charge in [0.05, 0.1) is 17.7 Å². The van der Waals surface area contributed by atoms with Crippen LogP contribution >= 0.6 is 27.3 Å². The van der Waals surface area contributed by atoms with E-state index in [0.717, 1.165) is 34.5 Å². The second-order valence-corrected chi connectivity index (χ2v) is 9.41. The summed E-state index contributed by atoms with van der Waals surface area (Å²) in [5, 5.41) is 12.6. The van der Waals surface area contributed by atoms with Gasteiger partial charge in [-0.15, -0.1) is 11.3 Å². The Labute approximate surface area is 204 Å². The van der Waals surface area contributed by atoms with Crippen LogP contribution in [0.2, 0.25) is 0 Å². The third-order valence-corrected chi connectivity index (χ3v) is 6.83. The van der Waals surface area contributed by atoms with Gasteiger partial charge in [-0.2, -0.15) is 5.26 Å². The molecule has 33 heavy (non-hydrogen) atoms. The van der Waals surface area contributed by atoms with Crippen LogP contribution in [0.4, 0.5) is 0 Å². The zero-order valence-electron chi connectivity index (χ0n) is 18.5. The second-order valence-electron chi connectivity index (χ2n) is 7.47. The van der Waals surface area contributed by atoms with Gasteiger partial charge in [0.25, 0.3) is 11.5 Å². The Morgan fingerprint density at radius 2 is 2.03 bits per heavy atom. The zero-order valence-corrected chi connectivity index (χ0v) is 20.9. The average molecular weight is 535 g/mol. The molecular weight excluding hydrogens is 508 g/mol. The summed E-state index contributed by atoms with van der Waals surface area (Å²) in [5.74, 6) is -0.470. The Morgan fingerprint density at radius 3 is 2.70 bits per heavy atom. The van der Waals surface area contributed by atoms with Gasteiger partial charge in [-0.05, 0) is 30.2 Å². The minimum atomic E-state index is -0.470.